The van der Waals surface area contributed by atoms with E-state index in [0.29, 0.717) is 11.5 Å². The number of carbonyl (C=O) groups is 1. The summed E-state index contributed by atoms with van der Waals surface area (Å²) in [5.41, 5.74) is 0.406. The van der Waals surface area contributed by atoms with Gasteiger partial charge in [0.05, 0.1) is 12.4 Å². The number of hydrogen-bond donors (Lipinski definition) is 1. The lowest BCUT2D eigenvalue weighted by molar-refractivity contribution is 0.0690. The van der Waals surface area contributed by atoms with Gasteiger partial charge in [0.1, 0.15) is 11.5 Å². The monoisotopic (exact) mass is 263 g/mol. The molecule has 0 saturated carbocycles. The molecule has 1 saturated heterocycles. The fourth-order valence-corrected chi connectivity index (χ4v) is 2.41. The van der Waals surface area contributed by atoms with Gasteiger partial charge in [0.15, 0.2) is 0 Å². The van der Waals surface area contributed by atoms with Gasteiger partial charge in [0.2, 0.25) is 0 Å². The van der Waals surface area contributed by atoms with Gasteiger partial charge < -0.3 is 15.1 Å². The molecule has 2 heterocycles. The molecule has 1 atom stereocenters. The van der Waals surface area contributed by atoms with Crippen molar-refractivity contribution in [3.63, 3.8) is 0 Å². The molecule has 0 bridgehead atoms. The van der Waals surface area contributed by atoms with Crippen molar-refractivity contribution in [2.24, 2.45) is 0 Å². The second kappa shape index (κ2) is 5.97. The maximum Gasteiger partial charge on any atom is 0.274 e. The number of rotatable bonds is 2. The summed E-state index contributed by atoms with van der Waals surface area (Å²) >= 11 is 0. The fourth-order valence-electron chi connectivity index (χ4n) is 2.41. The topological polar surface area (TPSA) is 61.4 Å². The zero-order valence-electron chi connectivity index (χ0n) is 11.8. The van der Waals surface area contributed by atoms with Crippen LogP contribution in [0, 0.1) is 0 Å². The molecule has 6 nitrogen and oxygen atoms in total. The van der Waals surface area contributed by atoms with Gasteiger partial charge in [0.25, 0.3) is 5.91 Å². The van der Waals surface area contributed by atoms with E-state index in [1.807, 2.05) is 4.90 Å². The maximum atomic E-state index is 12.5. The van der Waals surface area contributed by atoms with Crippen LogP contribution in [0.4, 0.5) is 5.82 Å². The summed E-state index contributed by atoms with van der Waals surface area (Å²) in [6, 6.07) is 0.194. The highest BCUT2D eigenvalue weighted by Crippen LogP contribution is 2.13. The summed E-state index contributed by atoms with van der Waals surface area (Å²) in [7, 11) is 3.85. The lowest BCUT2D eigenvalue weighted by Gasteiger charge is -2.27. The molecule has 1 unspecified atom stereocenters. The Morgan fingerprint density at radius 3 is 2.95 bits per heavy atom. The van der Waals surface area contributed by atoms with Gasteiger partial charge in [-0.15, -0.1) is 0 Å². The van der Waals surface area contributed by atoms with Gasteiger partial charge in [0, 0.05) is 26.2 Å². The van der Waals surface area contributed by atoms with Crippen LogP contribution in [0.3, 0.4) is 0 Å². The van der Waals surface area contributed by atoms with E-state index in [1.165, 1.54) is 6.20 Å². The van der Waals surface area contributed by atoms with Gasteiger partial charge in [-0.2, -0.15) is 0 Å². The van der Waals surface area contributed by atoms with E-state index >= 15 is 0 Å². The van der Waals surface area contributed by atoms with Crippen molar-refractivity contribution >= 4 is 11.7 Å². The number of nitrogens with zero attached hydrogens (tertiary/aromatic N) is 4. The van der Waals surface area contributed by atoms with E-state index in [0.717, 1.165) is 26.1 Å². The van der Waals surface area contributed by atoms with Crippen LogP contribution in [0.2, 0.25) is 0 Å². The lowest BCUT2D eigenvalue weighted by Crippen LogP contribution is -2.42. The van der Waals surface area contributed by atoms with Crippen molar-refractivity contribution in [1.29, 1.82) is 0 Å². The molecule has 6 heteroatoms. The van der Waals surface area contributed by atoms with Crippen molar-refractivity contribution in [2.45, 2.75) is 19.4 Å². The number of aromatic nitrogens is 2. The number of hydrogen-bond acceptors (Lipinski definition) is 5. The normalized spacial score (nSPS) is 21.0. The average Bonchev–Trinajstić information content (AvgIpc) is 2.58. The summed E-state index contributed by atoms with van der Waals surface area (Å²) < 4.78 is 0. The van der Waals surface area contributed by atoms with E-state index in [9.17, 15) is 4.79 Å². The van der Waals surface area contributed by atoms with Crippen LogP contribution in [0.1, 0.15) is 23.8 Å². The fraction of sp³-hybridized carbons (Fsp3) is 0.615. The smallest absolute Gasteiger partial charge is 0.274 e. The van der Waals surface area contributed by atoms with E-state index < -0.39 is 0 Å². The maximum absolute atomic E-state index is 12.5. The molecule has 1 fully saturated rings. The van der Waals surface area contributed by atoms with Crippen LogP contribution < -0.4 is 5.32 Å². The molecule has 1 N–H and O–H groups in total. The van der Waals surface area contributed by atoms with Gasteiger partial charge in [-0.1, -0.05) is 0 Å². The van der Waals surface area contributed by atoms with Crippen LogP contribution in [0.5, 0.6) is 0 Å². The first-order chi connectivity index (χ1) is 9.11. The van der Waals surface area contributed by atoms with E-state index in [4.69, 9.17) is 0 Å². The summed E-state index contributed by atoms with van der Waals surface area (Å²) in [6.45, 7) is 4.77. The van der Waals surface area contributed by atoms with Crippen molar-refractivity contribution in [1.82, 2.24) is 19.8 Å². The molecule has 0 aromatic carbocycles. The number of carbonyl (C=O) groups excluding carboxylic acids is 1. The highest BCUT2D eigenvalue weighted by molar-refractivity contribution is 5.92. The molecule has 1 amide bonds. The molecule has 0 spiro atoms. The Morgan fingerprint density at radius 2 is 2.21 bits per heavy atom. The quantitative estimate of drug-likeness (QED) is 0.850. The summed E-state index contributed by atoms with van der Waals surface area (Å²) in [6.07, 6.45) is 4.13. The Hall–Kier alpha value is -1.69. The zero-order valence-corrected chi connectivity index (χ0v) is 11.8. The Balaban J connectivity index is 2.17. The SMILES string of the molecule is CNc1cncc(C(=O)N2CCCN(C)CC2C)n1. The van der Waals surface area contributed by atoms with Crippen molar-refractivity contribution in [3.8, 4) is 0 Å². The third-order valence-corrected chi connectivity index (χ3v) is 3.42. The standard InChI is InChI=1S/C13H21N5O/c1-10-9-17(3)5-4-6-18(10)13(19)11-7-15-8-12(14-2)16-11/h7-8,10H,4-6,9H2,1-3H3,(H,14,16). The largest absolute Gasteiger partial charge is 0.372 e. The Bertz CT molecular complexity index is 450. The average molecular weight is 263 g/mol. The summed E-state index contributed by atoms with van der Waals surface area (Å²) in [5, 5.41) is 2.90. The lowest BCUT2D eigenvalue weighted by atomic mass is 10.2. The first-order valence-electron chi connectivity index (χ1n) is 6.61. The predicted molar refractivity (Wildman–Crippen MR) is 74.2 cm³/mol. The molecule has 0 aliphatic carbocycles. The van der Waals surface area contributed by atoms with Crippen molar-refractivity contribution < 1.29 is 4.79 Å². The van der Waals surface area contributed by atoms with Crippen LogP contribution in [-0.2, 0) is 0 Å². The van der Waals surface area contributed by atoms with E-state index in [1.54, 1.807) is 13.2 Å². The number of anilines is 1. The highest BCUT2D eigenvalue weighted by Gasteiger charge is 2.25. The van der Waals surface area contributed by atoms with Crippen LogP contribution in [-0.4, -0.2) is 65.4 Å². The van der Waals surface area contributed by atoms with Crippen molar-refractivity contribution in [3.05, 3.63) is 18.1 Å². The zero-order chi connectivity index (χ0) is 13.8. The van der Waals surface area contributed by atoms with Gasteiger partial charge >= 0.3 is 0 Å². The Kier molecular flexibility index (Phi) is 4.31. The number of amides is 1. The Morgan fingerprint density at radius 1 is 1.42 bits per heavy atom. The predicted octanol–water partition coefficient (Wildman–Crippen LogP) is 0.684. The molecular weight excluding hydrogens is 242 g/mol. The first-order valence-corrected chi connectivity index (χ1v) is 6.61. The summed E-state index contributed by atoms with van der Waals surface area (Å²) in [4.78, 5) is 25.0. The molecule has 2 rings (SSSR count). The van der Waals surface area contributed by atoms with E-state index in [2.05, 4.69) is 34.2 Å². The third-order valence-electron chi connectivity index (χ3n) is 3.42. The van der Waals surface area contributed by atoms with Gasteiger partial charge in [-0.25, -0.2) is 4.98 Å². The van der Waals surface area contributed by atoms with Gasteiger partial charge in [-0.05, 0) is 26.9 Å². The molecule has 19 heavy (non-hydrogen) atoms. The molecule has 104 valence electrons. The Labute approximate surface area is 113 Å². The molecule has 0 radical (unpaired) electrons. The van der Waals surface area contributed by atoms with Crippen LogP contribution >= 0.6 is 0 Å². The van der Waals surface area contributed by atoms with Gasteiger partial charge in [-0.3, -0.25) is 9.78 Å². The highest BCUT2D eigenvalue weighted by atomic mass is 16.2. The minimum Gasteiger partial charge on any atom is -0.372 e. The van der Waals surface area contributed by atoms with Crippen LogP contribution in [0.25, 0.3) is 0 Å². The number of likely N-dealkylation sites (N-methyl/N-ethyl adjacent to an activating group) is 1. The van der Waals surface area contributed by atoms with Crippen LogP contribution in [0.15, 0.2) is 12.4 Å². The minimum atomic E-state index is -0.0348. The summed E-state index contributed by atoms with van der Waals surface area (Å²) in [5.74, 6) is 0.581. The molecular formula is C13H21N5O. The second-order valence-corrected chi connectivity index (χ2v) is 5.00. The second-order valence-electron chi connectivity index (χ2n) is 5.00. The first kappa shape index (κ1) is 13.7. The molecule has 1 aromatic rings. The van der Waals surface area contributed by atoms with Crippen molar-refractivity contribution in [2.75, 3.05) is 39.0 Å². The van der Waals surface area contributed by atoms with E-state index in [-0.39, 0.29) is 11.9 Å². The minimum absolute atomic E-state index is 0.0348. The number of nitrogens with one attached hydrogen (secondary N) is 1. The third kappa shape index (κ3) is 3.20. The molecule has 1 aromatic heterocycles. The molecule has 1 aliphatic heterocycles. The molecule has 1 aliphatic rings.